The van der Waals surface area contributed by atoms with Crippen molar-refractivity contribution >= 4 is 11.6 Å². The van der Waals surface area contributed by atoms with Gasteiger partial charge in [0.05, 0.1) is 6.10 Å². The molecule has 0 aliphatic heterocycles. The molecule has 2 unspecified atom stereocenters. The highest BCUT2D eigenvalue weighted by Gasteiger charge is 2.17. The minimum absolute atomic E-state index is 0.590. The third-order valence-electron chi connectivity index (χ3n) is 2.49. The maximum Gasteiger partial charge on any atom is 0.105 e. The molecule has 0 bridgehead atoms. The Hall–Kier alpha value is -0.570. The Morgan fingerprint density at radius 2 is 2.00 bits per heavy atom. The molecule has 0 radical (unpaired) electrons. The van der Waals surface area contributed by atoms with E-state index in [0.29, 0.717) is 17.0 Å². The Kier molecular flexibility index (Phi) is 4.58. The van der Waals surface area contributed by atoms with Crippen LogP contribution in [0.3, 0.4) is 0 Å². The van der Waals surface area contributed by atoms with Crippen LogP contribution in [0.4, 0.5) is 0 Å². The Morgan fingerprint density at radius 3 is 2.53 bits per heavy atom. The van der Waals surface area contributed by atoms with E-state index in [1.165, 1.54) is 0 Å². The van der Waals surface area contributed by atoms with Crippen molar-refractivity contribution in [1.82, 2.24) is 0 Å². The molecule has 2 nitrogen and oxygen atoms in total. The first-order valence-electron chi connectivity index (χ1n) is 5.18. The van der Waals surface area contributed by atoms with Crippen molar-refractivity contribution in [2.75, 3.05) is 0 Å². The molecule has 0 aromatic heterocycles. The molecule has 1 aromatic rings. The van der Waals surface area contributed by atoms with E-state index in [-0.39, 0.29) is 0 Å². The SMILES string of the molecule is CCCC(O)C(O)c1ccc(C)c(Cl)c1. The van der Waals surface area contributed by atoms with Gasteiger partial charge in [0.2, 0.25) is 0 Å². The highest BCUT2D eigenvalue weighted by atomic mass is 35.5. The summed E-state index contributed by atoms with van der Waals surface area (Å²) in [6.07, 6.45) is -0.123. The molecule has 0 saturated carbocycles. The number of aliphatic hydroxyl groups is 2. The van der Waals surface area contributed by atoms with Crippen molar-refractivity contribution in [2.45, 2.75) is 38.9 Å². The molecule has 15 heavy (non-hydrogen) atoms. The van der Waals surface area contributed by atoms with Gasteiger partial charge in [-0.2, -0.15) is 0 Å². The Balaban J connectivity index is 2.81. The number of hydrogen-bond donors (Lipinski definition) is 2. The maximum atomic E-state index is 9.83. The summed E-state index contributed by atoms with van der Waals surface area (Å²) < 4.78 is 0. The minimum atomic E-state index is -0.844. The van der Waals surface area contributed by atoms with Gasteiger partial charge in [0.25, 0.3) is 0 Å². The molecule has 0 spiro atoms. The van der Waals surface area contributed by atoms with Gasteiger partial charge < -0.3 is 10.2 Å². The fraction of sp³-hybridized carbons (Fsp3) is 0.500. The molecule has 0 aliphatic carbocycles. The second-order valence-corrected chi connectivity index (χ2v) is 4.22. The van der Waals surface area contributed by atoms with Crippen molar-refractivity contribution in [2.24, 2.45) is 0 Å². The third-order valence-corrected chi connectivity index (χ3v) is 2.89. The largest absolute Gasteiger partial charge is 0.390 e. The summed E-state index contributed by atoms with van der Waals surface area (Å²) in [4.78, 5) is 0. The second-order valence-electron chi connectivity index (χ2n) is 3.81. The summed E-state index contributed by atoms with van der Waals surface area (Å²) >= 11 is 5.95. The van der Waals surface area contributed by atoms with E-state index in [9.17, 15) is 10.2 Å². The van der Waals surface area contributed by atoms with Crippen LogP contribution in [0.15, 0.2) is 18.2 Å². The van der Waals surface area contributed by atoms with E-state index in [1.54, 1.807) is 12.1 Å². The van der Waals surface area contributed by atoms with Gasteiger partial charge in [-0.05, 0) is 30.5 Å². The highest BCUT2D eigenvalue weighted by molar-refractivity contribution is 6.31. The molecule has 0 saturated heterocycles. The summed E-state index contributed by atoms with van der Waals surface area (Å²) in [5, 5.41) is 20.1. The monoisotopic (exact) mass is 228 g/mol. The van der Waals surface area contributed by atoms with Crippen molar-refractivity contribution < 1.29 is 10.2 Å². The molecule has 2 N–H and O–H groups in total. The second kappa shape index (κ2) is 5.50. The van der Waals surface area contributed by atoms with Crippen molar-refractivity contribution in [1.29, 1.82) is 0 Å². The van der Waals surface area contributed by atoms with Crippen LogP contribution in [0.25, 0.3) is 0 Å². The number of aryl methyl sites for hydroxylation is 1. The molecule has 2 atom stereocenters. The average Bonchev–Trinajstić information content (AvgIpc) is 2.21. The first-order chi connectivity index (χ1) is 7.06. The number of aliphatic hydroxyl groups excluding tert-OH is 2. The van der Waals surface area contributed by atoms with Crippen LogP contribution in [0.5, 0.6) is 0 Å². The van der Waals surface area contributed by atoms with E-state index < -0.39 is 12.2 Å². The van der Waals surface area contributed by atoms with E-state index in [1.807, 2.05) is 19.9 Å². The minimum Gasteiger partial charge on any atom is -0.390 e. The van der Waals surface area contributed by atoms with E-state index in [2.05, 4.69) is 0 Å². The lowest BCUT2D eigenvalue weighted by molar-refractivity contribution is 0.0131. The number of benzene rings is 1. The van der Waals surface area contributed by atoms with E-state index in [4.69, 9.17) is 11.6 Å². The predicted octanol–water partition coefficient (Wildman–Crippen LogP) is 2.84. The average molecular weight is 229 g/mol. The summed E-state index contributed by atoms with van der Waals surface area (Å²) in [7, 11) is 0. The maximum absolute atomic E-state index is 9.83. The Labute approximate surface area is 95.5 Å². The molecule has 84 valence electrons. The van der Waals surface area contributed by atoms with Crippen LogP contribution < -0.4 is 0 Å². The lowest BCUT2D eigenvalue weighted by Gasteiger charge is -2.18. The molecular formula is C12H17ClO2. The number of hydrogen-bond acceptors (Lipinski definition) is 2. The lowest BCUT2D eigenvalue weighted by Crippen LogP contribution is -2.17. The van der Waals surface area contributed by atoms with Gasteiger partial charge in [0, 0.05) is 5.02 Å². The Bertz CT molecular complexity index is 325. The molecule has 0 fully saturated rings. The standard InChI is InChI=1S/C12H17ClO2/c1-3-4-11(14)12(15)9-6-5-8(2)10(13)7-9/h5-7,11-12,14-15H,3-4H2,1-2H3. The summed E-state index contributed by atoms with van der Waals surface area (Å²) in [5.41, 5.74) is 1.64. The van der Waals surface area contributed by atoms with Crippen LogP contribution in [0, 0.1) is 6.92 Å². The quantitative estimate of drug-likeness (QED) is 0.832. The highest BCUT2D eigenvalue weighted by Crippen LogP contribution is 2.24. The molecule has 1 rings (SSSR count). The number of rotatable bonds is 4. The molecule has 0 aliphatic rings. The fourth-order valence-electron chi connectivity index (χ4n) is 1.47. The fourth-order valence-corrected chi connectivity index (χ4v) is 1.66. The van der Waals surface area contributed by atoms with Gasteiger partial charge in [0.15, 0.2) is 0 Å². The van der Waals surface area contributed by atoms with Crippen LogP contribution in [-0.2, 0) is 0 Å². The van der Waals surface area contributed by atoms with Crippen LogP contribution in [0.2, 0.25) is 5.02 Å². The molecule has 0 amide bonds. The van der Waals surface area contributed by atoms with Crippen LogP contribution in [-0.4, -0.2) is 16.3 Å². The molecule has 0 heterocycles. The smallest absolute Gasteiger partial charge is 0.105 e. The third kappa shape index (κ3) is 3.20. The van der Waals surface area contributed by atoms with Crippen molar-refractivity contribution in [3.8, 4) is 0 Å². The van der Waals surface area contributed by atoms with Gasteiger partial charge >= 0.3 is 0 Å². The van der Waals surface area contributed by atoms with Crippen molar-refractivity contribution in [3.05, 3.63) is 34.3 Å². The topological polar surface area (TPSA) is 40.5 Å². The first-order valence-corrected chi connectivity index (χ1v) is 5.56. The zero-order valence-electron chi connectivity index (χ0n) is 9.07. The van der Waals surface area contributed by atoms with Gasteiger partial charge in [0.1, 0.15) is 6.10 Å². The van der Waals surface area contributed by atoms with Gasteiger partial charge in [-0.3, -0.25) is 0 Å². The van der Waals surface area contributed by atoms with Gasteiger partial charge in [-0.15, -0.1) is 0 Å². The lowest BCUT2D eigenvalue weighted by atomic mass is 10.0. The van der Waals surface area contributed by atoms with Crippen LogP contribution >= 0.6 is 11.6 Å². The molecule has 1 aromatic carbocycles. The van der Waals surface area contributed by atoms with Gasteiger partial charge in [-0.1, -0.05) is 37.1 Å². The van der Waals surface area contributed by atoms with Crippen molar-refractivity contribution in [3.63, 3.8) is 0 Å². The molecular weight excluding hydrogens is 212 g/mol. The Morgan fingerprint density at radius 1 is 1.33 bits per heavy atom. The zero-order valence-corrected chi connectivity index (χ0v) is 9.83. The zero-order chi connectivity index (χ0) is 11.4. The predicted molar refractivity (Wildman–Crippen MR) is 62.1 cm³/mol. The normalized spacial score (nSPS) is 15.0. The van der Waals surface area contributed by atoms with Crippen LogP contribution in [0.1, 0.15) is 37.0 Å². The summed E-state index contributed by atoms with van der Waals surface area (Å²) in [5.74, 6) is 0. The first kappa shape index (κ1) is 12.5. The summed E-state index contributed by atoms with van der Waals surface area (Å²) in [6.45, 7) is 3.87. The summed E-state index contributed by atoms with van der Waals surface area (Å²) in [6, 6.07) is 5.35. The van der Waals surface area contributed by atoms with Gasteiger partial charge in [-0.25, -0.2) is 0 Å². The molecule has 3 heteroatoms. The van der Waals surface area contributed by atoms with E-state index >= 15 is 0 Å². The van der Waals surface area contributed by atoms with E-state index in [0.717, 1.165) is 12.0 Å². The number of halogens is 1.